The van der Waals surface area contributed by atoms with Gasteiger partial charge >= 0.3 is 0 Å². The molecule has 3 aromatic carbocycles. The molecule has 3 aromatic rings. The number of ether oxygens (including phenoxy) is 1. The summed E-state index contributed by atoms with van der Waals surface area (Å²) in [5.41, 5.74) is 1.64. The molecule has 5 nitrogen and oxygen atoms in total. The van der Waals surface area contributed by atoms with Crippen LogP contribution >= 0.6 is 0 Å². The number of carbonyl (C=O) groups is 2. The number of amides is 2. The molecule has 0 atom stereocenters. The number of nitrogens with one attached hydrogen (secondary N) is 2. The normalized spacial score (nSPS) is 10.5. The van der Waals surface area contributed by atoms with Crippen molar-refractivity contribution in [3.63, 3.8) is 0 Å². The van der Waals surface area contributed by atoms with Crippen molar-refractivity contribution < 1.29 is 14.3 Å². The first-order chi connectivity index (χ1) is 13.6. The van der Waals surface area contributed by atoms with Gasteiger partial charge in [-0.1, -0.05) is 49.4 Å². The Hall–Kier alpha value is -3.34. The average Bonchev–Trinajstić information content (AvgIpc) is 2.71. The first kappa shape index (κ1) is 19.4. The molecule has 0 heterocycles. The van der Waals surface area contributed by atoms with Gasteiger partial charge in [0.2, 0.25) is 5.91 Å². The molecule has 0 saturated carbocycles. The van der Waals surface area contributed by atoms with Crippen LogP contribution in [0.5, 0.6) is 5.75 Å². The van der Waals surface area contributed by atoms with Crippen molar-refractivity contribution >= 4 is 28.3 Å². The zero-order valence-corrected chi connectivity index (χ0v) is 15.9. The third-order valence-corrected chi connectivity index (χ3v) is 4.27. The summed E-state index contributed by atoms with van der Waals surface area (Å²) in [6.45, 7) is 2.29. The Kier molecular flexibility index (Phi) is 6.63. The van der Waals surface area contributed by atoms with Crippen LogP contribution in [0.15, 0.2) is 66.7 Å². The van der Waals surface area contributed by atoms with Gasteiger partial charge < -0.3 is 15.4 Å². The Morgan fingerprint density at radius 3 is 2.54 bits per heavy atom. The Morgan fingerprint density at radius 2 is 1.71 bits per heavy atom. The minimum absolute atomic E-state index is 0.00697. The maximum atomic E-state index is 12.1. The second kappa shape index (κ2) is 9.55. The number of benzene rings is 3. The number of anilines is 1. The van der Waals surface area contributed by atoms with Gasteiger partial charge in [-0.3, -0.25) is 9.59 Å². The molecule has 144 valence electrons. The van der Waals surface area contributed by atoms with E-state index in [0.29, 0.717) is 18.7 Å². The molecule has 2 N–H and O–H groups in total. The monoisotopic (exact) mass is 376 g/mol. The Balaban J connectivity index is 1.49. The van der Waals surface area contributed by atoms with E-state index in [4.69, 9.17) is 4.74 Å². The molecule has 0 unspecified atom stereocenters. The summed E-state index contributed by atoms with van der Waals surface area (Å²) in [5.74, 6) is 0.454. The lowest BCUT2D eigenvalue weighted by molar-refractivity contribution is -0.123. The van der Waals surface area contributed by atoms with E-state index in [1.807, 2.05) is 73.7 Å². The van der Waals surface area contributed by atoms with Crippen LogP contribution in [0.1, 0.15) is 25.3 Å². The first-order valence-corrected chi connectivity index (χ1v) is 9.41. The fourth-order valence-electron chi connectivity index (χ4n) is 2.87. The highest BCUT2D eigenvalue weighted by Crippen LogP contribution is 2.20. The molecule has 0 fully saturated rings. The van der Waals surface area contributed by atoms with E-state index in [1.165, 1.54) is 0 Å². The van der Waals surface area contributed by atoms with E-state index in [0.717, 1.165) is 28.4 Å². The summed E-state index contributed by atoms with van der Waals surface area (Å²) in [6.07, 6.45) is 1.30. The van der Waals surface area contributed by atoms with Crippen LogP contribution in [-0.2, 0) is 16.1 Å². The molecule has 0 bridgehead atoms. The van der Waals surface area contributed by atoms with Gasteiger partial charge in [-0.25, -0.2) is 0 Å². The fourth-order valence-corrected chi connectivity index (χ4v) is 2.87. The van der Waals surface area contributed by atoms with Gasteiger partial charge in [0.1, 0.15) is 5.75 Å². The van der Waals surface area contributed by atoms with E-state index in [9.17, 15) is 9.59 Å². The second-order valence-corrected chi connectivity index (χ2v) is 6.57. The number of carbonyl (C=O) groups excluding carboxylic acids is 2. The Morgan fingerprint density at radius 1 is 0.893 bits per heavy atom. The molecule has 0 aliphatic heterocycles. The molecule has 0 radical (unpaired) electrons. The predicted octanol–water partition coefficient (Wildman–Crippen LogP) is 4.27. The highest BCUT2D eigenvalue weighted by atomic mass is 16.5. The maximum absolute atomic E-state index is 12.1. The molecular formula is C23H24N2O3. The summed E-state index contributed by atoms with van der Waals surface area (Å²) >= 11 is 0. The third kappa shape index (κ3) is 5.58. The van der Waals surface area contributed by atoms with Crippen molar-refractivity contribution in [3.8, 4) is 5.75 Å². The van der Waals surface area contributed by atoms with Gasteiger partial charge in [-0.2, -0.15) is 0 Å². The number of fused-ring (bicyclic) bond motifs is 1. The van der Waals surface area contributed by atoms with Gasteiger partial charge in [0.15, 0.2) is 6.61 Å². The summed E-state index contributed by atoms with van der Waals surface area (Å²) < 4.78 is 5.60. The van der Waals surface area contributed by atoms with Crippen molar-refractivity contribution in [3.05, 3.63) is 72.3 Å². The van der Waals surface area contributed by atoms with Gasteiger partial charge in [0, 0.05) is 18.7 Å². The minimum atomic E-state index is -0.200. The van der Waals surface area contributed by atoms with Crippen molar-refractivity contribution in [2.45, 2.75) is 26.3 Å². The van der Waals surface area contributed by atoms with E-state index >= 15 is 0 Å². The van der Waals surface area contributed by atoms with E-state index in [-0.39, 0.29) is 18.4 Å². The van der Waals surface area contributed by atoms with Crippen molar-refractivity contribution in [2.75, 3.05) is 11.9 Å². The molecule has 28 heavy (non-hydrogen) atoms. The fraction of sp³-hybridized carbons (Fsp3) is 0.217. The summed E-state index contributed by atoms with van der Waals surface area (Å²) in [5, 5.41) is 7.89. The van der Waals surface area contributed by atoms with Crippen LogP contribution in [0.25, 0.3) is 10.8 Å². The highest BCUT2D eigenvalue weighted by molar-refractivity contribution is 5.90. The highest BCUT2D eigenvalue weighted by Gasteiger charge is 2.05. The lowest BCUT2D eigenvalue weighted by Gasteiger charge is -2.10. The molecule has 2 amide bonds. The molecule has 0 spiro atoms. The molecule has 0 aliphatic rings. The van der Waals surface area contributed by atoms with E-state index in [2.05, 4.69) is 10.6 Å². The predicted molar refractivity (Wildman–Crippen MR) is 111 cm³/mol. The number of hydrogen-bond donors (Lipinski definition) is 2. The summed E-state index contributed by atoms with van der Waals surface area (Å²) in [7, 11) is 0. The molecular weight excluding hydrogens is 352 g/mol. The van der Waals surface area contributed by atoms with Gasteiger partial charge in [-0.05, 0) is 47.0 Å². The zero-order valence-electron chi connectivity index (χ0n) is 15.9. The molecule has 3 rings (SSSR count). The largest absolute Gasteiger partial charge is 0.484 e. The smallest absolute Gasteiger partial charge is 0.258 e. The van der Waals surface area contributed by atoms with E-state index in [1.54, 1.807) is 0 Å². The van der Waals surface area contributed by atoms with Crippen molar-refractivity contribution in [2.24, 2.45) is 0 Å². The van der Waals surface area contributed by atoms with Gasteiger partial charge in [-0.15, -0.1) is 0 Å². The van der Waals surface area contributed by atoms with Gasteiger partial charge in [0.05, 0.1) is 0 Å². The Labute approximate surface area is 164 Å². The molecule has 5 heteroatoms. The summed E-state index contributed by atoms with van der Waals surface area (Å²) in [4.78, 5) is 23.8. The van der Waals surface area contributed by atoms with Crippen LogP contribution in [0, 0.1) is 0 Å². The standard InChI is InChI=1S/C23H24N2O3/c1-2-6-22(26)25-20-10-5-7-17(13-20)15-24-23(27)16-28-21-12-11-18-8-3-4-9-19(18)14-21/h3-5,7-14H,2,6,15-16H2,1H3,(H,24,27)(H,25,26). The SMILES string of the molecule is CCCC(=O)Nc1cccc(CNC(=O)COc2ccc3ccccc3c2)c1. The topological polar surface area (TPSA) is 67.4 Å². The third-order valence-electron chi connectivity index (χ3n) is 4.27. The van der Waals surface area contributed by atoms with Crippen molar-refractivity contribution in [1.82, 2.24) is 5.32 Å². The second-order valence-electron chi connectivity index (χ2n) is 6.57. The molecule has 0 aromatic heterocycles. The zero-order chi connectivity index (χ0) is 19.8. The van der Waals surface area contributed by atoms with Crippen molar-refractivity contribution in [1.29, 1.82) is 0 Å². The summed E-state index contributed by atoms with van der Waals surface area (Å²) in [6, 6.07) is 21.2. The first-order valence-electron chi connectivity index (χ1n) is 9.41. The lowest BCUT2D eigenvalue weighted by atomic mass is 10.1. The average molecular weight is 376 g/mol. The van der Waals surface area contributed by atoms with Crippen LogP contribution in [0.2, 0.25) is 0 Å². The lowest BCUT2D eigenvalue weighted by Crippen LogP contribution is -2.28. The van der Waals surface area contributed by atoms with Gasteiger partial charge in [0.25, 0.3) is 5.91 Å². The minimum Gasteiger partial charge on any atom is -0.484 e. The number of rotatable bonds is 8. The van der Waals surface area contributed by atoms with Crippen LogP contribution in [-0.4, -0.2) is 18.4 Å². The van der Waals surface area contributed by atoms with Crippen LogP contribution in [0.4, 0.5) is 5.69 Å². The molecule has 0 saturated heterocycles. The van der Waals surface area contributed by atoms with Crippen LogP contribution in [0.3, 0.4) is 0 Å². The Bertz CT molecular complexity index is 969. The van der Waals surface area contributed by atoms with Crippen LogP contribution < -0.4 is 15.4 Å². The van der Waals surface area contributed by atoms with E-state index < -0.39 is 0 Å². The molecule has 0 aliphatic carbocycles. The quantitative estimate of drug-likeness (QED) is 0.617. The maximum Gasteiger partial charge on any atom is 0.258 e. The number of hydrogen-bond acceptors (Lipinski definition) is 3.